The lowest BCUT2D eigenvalue weighted by Crippen LogP contribution is -2.30. The number of hydrogen-bond acceptors (Lipinski definition) is 5. The van der Waals surface area contributed by atoms with Gasteiger partial charge in [0.2, 0.25) is 0 Å². The van der Waals surface area contributed by atoms with Gasteiger partial charge in [-0.05, 0) is 31.2 Å². The van der Waals surface area contributed by atoms with Crippen LogP contribution in [-0.4, -0.2) is 28.7 Å². The molecule has 0 saturated heterocycles. The lowest BCUT2D eigenvalue weighted by molar-refractivity contribution is -0.254. The second-order valence-electron chi connectivity index (χ2n) is 6.33. The highest BCUT2D eigenvalue weighted by molar-refractivity contribution is 7.20. The first-order chi connectivity index (χ1) is 13.5. The number of carboxylic acids is 1. The van der Waals surface area contributed by atoms with E-state index in [4.69, 9.17) is 0 Å². The minimum Gasteiger partial charge on any atom is -0.545 e. The highest BCUT2D eigenvalue weighted by Gasteiger charge is 2.21. The fourth-order valence-electron chi connectivity index (χ4n) is 3.11. The minimum absolute atomic E-state index is 0.0221. The molecule has 2 aromatic heterocycles. The molecular weight excluding hydrogens is 374 g/mol. The van der Waals surface area contributed by atoms with Crippen LogP contribution in [0.3, 0.4) is 0 Å². The van der Waals surface area contributed by atoms with Gasteiger partial charge in [0, 0.05) is 18.0 Å². The third kappa shape index (κ3) is 2.95. The van der Waals surface area contributed by atoms with Crippen LogP contribution in [0.15, 0.2) is 60.7 Å². The van der Waals surface area contributed by atoms with E-state index in [0.717, 1.165) is 21.6 Å². The normalized spacial score (nSPS) is 10.9. The van der Waals surface area contributed by atoms with Crippen LogP contribution in [0.25, 0.3) is 15.9 Å². The van der Waals surface area contributed by atoms with Gasteiger partial charge in [-0.2, -0.15) is 5.10 Å². The molecule has 0 aliphatic rings. The second kappa shape index (κ2) is 6.94. The van der Waals surface area contributed by atoms with Crippen molar-refractivity contribution < 1.29 is 14.7 Å². The molecule has 0 atom stereocenters. The van der Waals surface area contributed by atoms with Crippen molar-refractivity contribution >= 4 is 39.1 Å². The van der Waals surface area contributed by atoms with Crippen molar-refractivity contribution in [3.05, 3.63) is 76.8 Å². The number of anilines is 1. The summed E-state index contributed by atoms with van der Waals surface area (Å²) >= 11 is 1.33. The number of aryl methyl sites for hydroxylation is 1. The van der Waals surface area contributed by atoms with Gasteiger partial charge in [0.15, 0.2) is 0 Å². The van der Waals surface area contributed by atoms with E-state index in [0.29, 0.717) is 10.6 Å². The van der Waals surface area contributed by atoms with E-state index >= 15 is 0 Å². The molecule has 28 heavy (non-hydrogen) atoms. The van der Waals surface area contributed by atoms with Crippen molar-refractivity contribution in [1.82, 2.24) is 9.78 Å². The molecule has 0 bridgehead atoms. The van der Waals surface area contributed by atoms with Crippen molar-refractivity contribution in [3.8, 4) is 5.69 Å². The number of nitrogens with zero attached hydrogens (tertiary/aromatic N) is 3. The van der Waals surface area contributed by atoms with Gasteiger partial charge in [0.05, 0.1) is 27.9 Å². The number of rotatable bonds is 4. The Hall–Kier alpha value is -3.45. The lowest BCUT2D eigenvalue weighted by Gasteiger charge is -2.20. The van der Waals surface area contributed by atoms with Crippen molar-refractivity contribution in [1.29, 1.82) is 0 Å². The van der Waals surface area contributed by atoms with Crippen molar-refractivity contribution in [2.45, 2.75) is 6.92 Å². The van der Waals surface area contributed by atoms with Gasteiger partial charge in [-0.15, -0.1) is 11.3 Å². The predicted octanol–water partition coefficient (Wildman–Crippen LogP) is 3.04. The van der Waals surface area contributed by atoms with E-state index in [1.165, 1.54) is 22.3 Å². The van der Waals surface area contributed by atoms with Crippen LogP contribution >= 0.6 is 11.3 Å². The Kier molecular flexibility index (Phi) is 4.44. The Morgan fingerprint density at radius 2 is 1.75 bits per heavy atom. The number of aromatic nitrogens is 2. The molecule has 7 heteroatoms. The fourth-order valence-corrected chi connectivity index (χ4v) is 4.27. The molecule has 140 valence electrons. The van der Waals surface area contributed by atoms with Crippen LogP contribution in [0, 0.1) is 6.92 Å². The van der Waals surface area contributed by atoms with Crippen LogP contribution in [0.1, 0.15) is 25.7 Å². The monoisotopic (exact) mass is 390 g/mol. The molecule has 0 unspecified atom stereocenters. The number of para-hydroxylation sites is 2. The Balaban J connectivity index is 1.76. The number of fused-ring (bicyclic) bond motifs is 1. The topological polar surface area (TPSA) is 78.3 Å². The van der Waals surface area contributed by atoms with Gasteiger partial charge in [0.1, 0.15) is 4.83 Å². The molecule has 2 aromatic carbocycles. The van der Waals surface area contributed by atoms with Crippen LogP contribution in [0.2, 0.25) is 0 Å². The van der Waals surface area contributed by atoms with E-state index in [9.17, 15) is 14.7 Å². The third-order valence-electron chi connectivity index (χ3n) is 4.55. The number of aromatic carboxylic acids is 1. The zero-order valence-electron chi connectivity index (χ0n) is 15.2. The van der Waals surface area contributed by atoms with Gasteiger partial charge < -0.3 is 14.8 Å². The summed E-state index contributed by atoms with van der Waals surface area (Å²) in [7, 11) is 1.56. The van der Waals surface area contributed by atoms with Gasteiger partial charge in [-0.3, -0.25) is 4.79 Å². The first-order valence-corrected chi connectivity index (χ1v) is 9.42. The maximum absolute atomic E-state index is 13.0. The average Bonchev–Trinajstić information content (AvgIpc) is 3.28. The predicted molar refractivity (Wildman–Crippen MR) is 107 cm³/mol. The molecule has 0 N–H and O–H groups in total. The number of carboxylic acid groups (broad SMARTS) is 1. The third-order valence-corrected chi connectivity index (χ3v) is 5.64. The molecular formula is C21H16N3O3S-. The molecule has 2 heterocycles. The molecule has 4 rings (SSSR count). The van der Waals surface area contributed by atoms with Crippen LogP contribution in [0.4, 0.5) is 5.69 Å². The number of carbonyl (C=O) groups excluding carboxylic acids is 2. The van der Waals surface area contributed by atoms with Gasteiger partial charge in [0.25, 0.3) is 5.91 Å². The summed E-state index contributed by atoms with van der Waals surface area (Å²) in [6, 6.07) is 17.8. The van der Waals surface area contributed by atoms with Crippen LogP contribution in [-0.2, 0) is 0 Å². The number of benzene rings is 2. The summed E-state index contributed by atoms with van der Waals surface area (Å²) in [5.41, 5.74) is 2.02. The number of carbonyl (C=O) groups is 2. The summed E-state index contributed by atoms with van der Waals surface area (Å²) in [6.45, 7) is 1.90. The second-order valence-corrected chi connectivity index (χ2v) is 7.36. The summed E-state index contributed by atoms with van der Waals surface area (Å²) < 4.78 is 1.82. The minimum atomic E-state index is -1.32. The van der Waals surface area contributed by atoms with E-state index < -0.39 is 5.97 Å². The fraction of sp³-hybridized carbons (Fsp3) is 0.0952. The molecule has 0 spiro atoms. The Morgan fingerprint density at radius 3 is 2.46 bits per heavy atom. The Bertz CT molecular complexity index is 1190. The lowest BCUT2D eigenvalue weighted by atomic mass is 10.1. The van der Waals surface area contributed by atoms with Crippen molar-refractivity contribution in [2.75, 3.05) is 11.9 Å². The molecule has 0 aliphatic heterocycles. The standard InChI is InChI=1S/C21H17N3O3S/c1-13-16-12-18(28-20(16)24(22-13)14-8-4-3-5-9-14)19(25)23(2)17-11-7-6-10-15(17)21(26)27/h3-12H,1-2H3,(H,26,27)/p-1. The summed E-state index contributed by atoms with van der Waals surface area (Å²) in [4.78, 5) is 27.1. The molecule has 6 nitrogen and oxygen atoms in total. The van der Waals surface area contributed by atoms with Gasteiger partial charge in [-0.25, -0.2) is 4.68 Å². The smallest absolute Gasteiger partial charge is 0.268 e. The van der Waals surface area contributed by atoms with E-state index in [2.05, 4.69) is 5.10 Å². The number of amides is 1. The molecule has 0 radical (unpaired) electrons. The summed E-state index contributed by atoms with van der Waals surface area (Å²) in [5, 5.41) is 16.9. The van der Waals surface area contributed by atoms with Crippen LogP contribution < -0.4 is 10.0 Å². The van der Waals surface area contributed by atoms with E-state index in [-0.39, 0.29) is 11.5 Å². The maximum Gasteiger partial charge on any atom is 0.268 e. The first-order valence-electron chi connectivity index (χ1n) is 8.60. The summed E-state index contributed by atoms with van der Waals surface area (Å²) in [5.74, 6) is -1.60. The molecule has 1 amide bonds. The Morgan fingerprint density at radius 1 is 1.07 bits per heavy atom. The van der Waals surface area contributed by atoms with E-state index in [1.54, 1.807) is 25.2 Å². The molecule has 4 aromatic rings. The summed E-state index contributed by atoms with van der Waals surface area (Å²) in [6.07, 6.45) is 0. The number of hydrogen-bond donors (Lipinski definition) is 0. The van der Waals surface area contributed by atoms with E-state index in [1.807, 2.05) is 48.0 Å². The maximum atomic E-state index is 13.0. The Labute approximate surface area is 165 Å². The van der Waals surface area contributed by atoms with Gasteiger partial charge >= 0.3 is 0 Å². The average molecular weight is 390 g/mol. The van der Waals surface area contributed by atoms with Crippen molar-refractivity contribution in [3.63, 3.8) is 0 Å². The zero-order valence-corrected chi connectivity index (χ0v) is 16.1. The largest absolute Gasteiger partial charge is 0.545 e. The van der Waals surface area contributed by atoms with Crippen LogP contribution in [0.5, 0.6) is 0 Å². The zero-order chi connectivity index (χ0) is 19.8. The highest BCUT2D eigenvalue weighted by Crippen LogP contribution is 2.32. The quantitative estimate of drug-likeness (QED) is 0.537. The van der Waals surface area contributed by atoms with Gasteiger partial charge in [-0.1, -0.05) is 36.4 Å². The number of thiophene rings is 1. The first kappa shape index (κ1) is 17.9. The van der Waals surface area contributed by atoms with Crippen molar-refractivity contribution in [2.24, 2.45) is 0 Å². The SMILES string of the molecule is Cc1nn(-c2ccccc2)c2sc(C(=O)N(C)c3ccccc3C(=O)[O-])cc12. The molecule has 0 aliphatic carbocycles. The molecule has 0 saturated carbocycles. The highest BCUT2D eigenvalue weighted by atomic mass is 32.1. The molecule has 0 fully saturated rings.